The molecule has 2 amide bonds. The van der Waals surface area contributed by atoms with Crippen LogP contribution in [0.25, 0.3) is 5.76 Å². The van der Waals surface area contributed by atoms with Gasteiger partial charge in [-0.3, -0.25) is 24.1 Å². The van der Waals surface area contributed by atoms with E-state index in [1.165, 1.54) is 11.0 Å². The Kier molecular flexibility index (Phi) is 8.71. The van der Waals surface area contributed by atoms with Crippen LogP contribution in [0.3, 0.4) is 0 Å². The van der Waals surface area contributed by atoms with E-state index in [4.69, 9.17) is 5.73 Å². The number of nitrogens with zero attached hydrogens (tertiary/aromatic N) is 1. The maximum Gasteiger partial charge on any atom is 0.255 e. The molecule has 1 saturated carbocycles. The van der Waals surface area contributed by atoms with Gasteiger partial charge in [-0.1, -0.05) is 35.3 Å². The van der Waals surface area contributed by atoms with Crippen LogP contribution in [0.5, 0.6) is 5.75 Å². The van der Waals surface area contributed by atoms with Gasteiger partial charge in [0.2, 0.25) is 11.7 Å². The Hall–Kier alpha value is -2.74. The average molecular weight is 673 g/mol. The van der Waals surface area contributed by atoms with Gasteiger partial charge in [-0.15, -0.1) is 17.0 Å². The van der Waals surface area contributed by atoms with Crippen molar-refractivity contribution in [2.24, 2.45) is 17.6 Å². The predicted octanol–water partition coefficient (Wildman–Crippen LogP) is 2.04. The third kappa shape index (κ3) is 4.68. The predicted molar refractivity (Wildman–Crippen MR) is 151 cm³/mol. The first-order valence-corrected chi connectivity index (χ1v) is 13.1. The van der Waals surface area contributed by atoms with E-state index in [1.54, 1.807) is 20.2 Å². The smallest absolute Gasteiger partial charge is 0.255 e. The molecule has 7 N–H and O–H groups in total. The van der Waals surface area contributed by atoms with Gasteiger partial charge < -0.3 is 31.5 Å². The SMILES string of the molecule is Br.CCCC(Br)C(=O)Nc1ccc2c(c1O)C(O)=C1C(=O)[C@]3(O)C(O)=C(C(N)=O)C(=O)[C@@H](N(C)C)C3CC1C2. The number of carbonyl (C=O) groups is 4. The molecule has 212 valence electrons. The Bertz CT molecular complexity index is 1320. The first-order chi connectivity index (χ1) is 17.8. The Morgan fingerprint density at radius 2 is 1.87 bits per heavy atom. The number of nitrogens with two attached hydrogens (primary N) is 1. The van der Waals surface area contributed by atoms with Gasteiger partial charge in [0.15, 0.2) is 11.4 Å². The first kappa shape index (κ1) is 30.8. The number of alkyl halides is 1. The molecule has 0 saturated heterocycles. The maximum absolute atomic E-state index is 13.8. The molecule has 3 unspecified atom stereocenters. The molecule has 0 aliphatic heterocycles. The fourth-order valence-electron chi connectivity index (χ4n) is 5.92. The van der Waals surface area contributed by atoms with Crippen molar-refractivity contribution in [2.45, 2.75) is 49.1 Å². The minimum absolute atomic E-state index is 0. The number of phenols is 1. The fourth-order valence-corrected chi connectivity index (χ4v) is 6.49. The summed E-state index contributed by atoms with van der Waals surface area (Å²) in [6.07, 6.45) is 1.49. The number of amides is 2. The van der Waals surface area contributed by atoms with E-state index >= 15 is 0 Å². The summed E-state index contributed by atoms with van der Waals surface area (Å²) in [7, 11) is 3.08. The van der Waals surface area contributed by atoms with Crippen LogP contribution in [-0.2, 0) is 25.6 Å². The average Bonchev–Trinajstić information content (AvgIpc) is 2.82. The lowest BCUT2D eigenvalue weighted by molar-refractivity contribution is -0.153. The van der Waals surface area contributed by atoms with E-state index in [0.29, 0.717) is 12.0 Å². The maximum atomic E-state index is 13.8. The van der Waals surface area contributed by atoms with Crippen LogP contribution >= 0.6 is 32.9 Å². The zero-order valence-corrected chi connectivity index (χ0v) is 24.8. The van der Waals surface area contributed by atoms with E-state index in [1.807, 2.05) is 6.92 Å². The number of anilines is 1. The summed E-state index contributed by atoms with van der Waals surface area (Å²) in [5.41, 5.74) is 1.95. The largest absolute Gasteiger partial charge is 0.508 e. The number of hydrogen-bond donors (Lipinski definition) is 6. The van der Waals surface area contributed by atoms with Crippen LogP contribution in [0.4, 0.5) is 5.69 Å². The normalized spacial score (nSPS) is 26.9. The van der Waals surface area contributed by atoms with Crippen molar-refractivity contribution in [1.29, 1.82) is 0 Å². The van der Waals surface area contributed by atoms with Gasteiger partial charge in [0.25, 0.3) is 5.91 Å². The number of rotatable bonds is 6. The minimum atomic E-state index is -2.70. The number of hydrogen-bond acceptors (Lipinski definition) is 9. The van der Waals surface area contributed by atoms with Gasteiger partial charge in [0.1, 0.15) is 22.8 Å². The molecule has 1 fully saturated rings. The van der Waals surface area contributed by atoms with Crippen molar-refractivity contribution < 1.29 is 39.6 Å². The number of aromatic hydroxyl groups is 1. The molecule has 11 nitrogen and oxygen atoms in total. The standard InChI is InChI=1S/C26H30BrN3O8.BrH/c1-4-5-13(27)25(37)29-14-7-6-10-8-11-9-12-18(30(2)3)21(33)17(24(28)36)23(35)26(12,38)22(34)16(11)20(32)15(10)19(14)31;/h6-7,11-13,18,31-32,35,38H,4-5,8-9H2,1-3H3,(H2,28,36)(H,29,37);1H/t11?,12?,13?,18-,26-;/m0./s1. The molecule has 1 aromatic rings. The molecule has 39 heavy (non-hydrogen) atoms. The quantitative estimate of drug-likeness (QED) is 0.149. The number of halogens is 2. The number of aliphatic hydroxyl groups is 3. The zero-order chi connectivity index (χ0) is 28.3. The van der Waals surface area contributed by atoms with Crippen LogP contribution in [0.15, 0.2) is 29.0 Å². The molecule has 0 heterocycles. The van der Waals surface area contributed by atoms with Crippen LogP contribution in [-0.4, -0.2) is 79.3 Å². The summed E-state index contributed by atoms with van der Waals surface area (Å²) >= 11 is 3.29. The minimum Gasteiger partial charge on any atom is -0.508 e. The highest BCUT2D eigenvalue weighted by Crippen LogP contribution is 2.53. The summed E-state index contributed by atoms with van der Waals surface area (Å²) in [6.45, 7) is 1.92. The van der Waals surface area contributed by atoms with Crippen molar-refractivity contribution in [3.05, 3.63) is 40.2 Å². The number of fused-ring (bicyclic) bond motifs is 3. The fraction of sp³-hybridized carbons (Fsp3) is 0.462. The van der Waals surface area contributed by atoms with Crippen LogP contribution < -0.4 is 11.1 Å². The molecule has 1 aromatic carbocycles. The highest BCUT2D eigenvalue weighted by molar-refractivity contribution is 9.10. The number of aliphatic hydroxyl groups excluding tert-OH is 2. The number of likely N-dealkylation sites (N-methyl/N-ethyl adjacent to an activating group) is 1. The Morgan fingerprint density at radius 3 is 2.44 bits per heavy atom. The summed E-state index contributed by atoms with van der Waals surface area (Å²) < 4.78 is 0. The molecule has 0 spiro atoms. The molecule has 5 atom stereocenters. The zero-order valence-electron chi connectivity index (χ0n) is 21.5. The van der Waals surface area contributed by atoms with E-state index in [2.05, 4.69) is 21.2 Å². The van der Waals surface area contributed by atoms with Crippen LogP contribution in [0.2, 0.25) is 0 Å². The molecule has 4 rings (SSSR count). The molecular weight excluding hydrogens is 642 g/mol. The summed E-state index contributed by atoms with van der Waals surface area (Å²) in [5.74, 6) is -7.59. The summed E-state index contributed by atoms with van der Waals surface area (Å²) in [5, 5.41) is 47.3. The lowest BCUT2D eigenvalue weighted by atomic mass is 9.57. The van der Waals surface area contributed by atoms with Gasteiger partial charge >= 0.3 is 0 Å². The van der Waals surface area contributed by atoms with Crippen molar-refractivity contribution in [3.63, 3.8) is 0 Å². The lowest BCUT2D eigenvalue weighted by Crippen LogP contribution is -2.65. The second-order valence-corrected chi connectivity index (χ2v) is 11.3. The highest BCUT2D eigenvalue weighted by Gasteiger charge is 2.64. The lowest BCUT2D eigenvalue weighted by Gasteiger charge is -2.50. The van der Waals surface area contributed by atoms with Gasteiger partial charge in [0, 0.05) is 11.5 Å². The molecule has 0 aromatic heterocycles. The van der Waals surface area contributed by atoms with Gasteiger partial charge in [-0.05, 0) is 50.9 Å². The molecule has 3 aliphatic rings. The Balaban J connectivity index is 0.00000420. The number of benzene rings is 1. The highest BCUT2D eigenvalue weighted by atomic mass is 79.9. The number of nitrogens with one attached hydrogen (secondary N) is 1. The third-order valence-corrected chi connectivity index (χ3v) is 8.55. The number of primary amides is 1. The molecule has 3 aliphatic carbocycles. The number of ketones is 2. The van der Waals surface area contributed by atoms with Gasteiger partial charge in [-0.25, -0.2) is 0 Å². The molecule has 0 radical (unpaired) electrons. The van der Waals surface area contributed by atoms with Crippen molar-refractivity contribution in [2.75, 3.05) is 19.4 Å². The second-order valence-electron chi connectivity index (χ2n) is 10.2. The Morgan fingerprint density at radius 1 is 1.23 bits per heavy atom. The second kappa shape index (κ2) is 11.0. The van der Waals surface area contributed by atoms with Crippen LogP contribution in [0, 0.1) is 11.8 Å². The van der Waals surface area contributed by atoms with Crippen LogP contribution in [0.1, 0.15) is 37.3 Å². The van der Waals surface area contributed by atoms with Gasteiger partial charge in [0.05, 0.1) is 22.1 Å². The van der Waals surface area contributed by atoms with Crippen molar-refractivity contribution in [3.8, 4) is 5.75 Å². The molecular formula is C26H31Br2N3O8. The monoisotopic (exact) mass is 671 g/mol. The number of carbonyl (C=O) groups excluding carboxylic acids is 4. The molecule has 13 heteroatoms. The van der Waals surface area contributed by atoms with Crippen molar-refractivity contribution >= 4 is 67.7 Å². The number of Topliss-reactive ketones (excluding diaryl/α,β-unsaturated/α-hetero) is 2. The Labute approximate surface area is 243 Å². The summed E-state index contributed by atoms with van der Waals surface area (Å²) in [4.78, 5) is 52.4. The molecule has 0 bridgehead atoms. The summed E-state index contributed by atoms with van der Waals surface area (Å²) in [6, 6.07) is 1.97. The van der Waals surface area contributed by atoms with E-state index in [9.17, 15) is 39.6 Å². The van der Waals surface area contributed by atoms with Gasteiger partial charge in [-0.2, -0.15) is 0 Å². The van der Waals surface area contributed by atoms with Crippen molar-refractivity contribution in [1.82, 2.24) is 4.90 Å². The van der Waals surface area contributed by atoms with E-state index in [-0.39, 0.29) is 46.6 Å². The number of phenolic OH excluding ortho intramolecular Hbond substituents is 1. The van der Waals surface area contributed by atoms with E-state index < -0.39 is 74.5 Å². The van der Waals surface area contributed by atoms with E-state index in [0.717, 1.165) is 6.42 Å². The topological polar surface area (TPSA) is 190 Å². The third-order valence-electron chi connectivity index (χ3n) is 7.68. The first-order valence-electron chi connectivity index (χ1n) is 12.2.